The van der Waals surface area contributed by atoms with Crippen molar-refractivity contribution >= 4 is 5.97 Å². The van der Waals surface area contributed by atoms with Crippen molar-refractivity contribution < 1.29 is 19.0 Å². The van der Waals surface area contributed by atoms with Crippen LogP contribution in [0.4, 0.5) is 4.39 Å². The van der Waals surface area contributed by atoms with Gasteiger partial charge in [0.1, 0.15) is 18.2 Å². The lowest BCUT2D eigenvalue weighted by molar-refractivity contribution is -0.136. The van der Waals surface area contributed by atoms with E-state index in [4.69, 9.17) is 9.84 Å². The SMILES string of the molecule is O=C(O)Cc1ccc(OCc2ccccc2)c(-c2ccccc2F)c1. The lowest BCUT2D eigenvalue weighted by atomic mass is 10.00. The molecule has 0 aliphatic rings. The van der Waals surface area contributed by atoms with E-state index in [1.807, 2.05) is 30.3 Å². The molecule has 25 heavy (non-hydrogen) atoms. The predicted molar refractivity (Wildman–Crippen MR) is 93.9 cm³/mol. The number of hydrogen-bond donors (Lipinski definition) is 1. The molecule has 0 saturated carbocycles. The standard InChI is InChI=1S/C21H17FO3/c22-19-9-5-4-8-17(19)18-12-16(13-21(23)24)10-11-20(18)25-14-15-6-2-1-3-7-15/h1-12H,13-14H2,(H,23,24). The second-order valence-corrected chi connectivity index (χ2v) is 5.66. The molecule has 0 unspecified atom stereocenters. The summed E-state index contributed by atoms with van der Waals surface area (Å²) >= 11 is 0. The average molecular weight is 336 g/mol. The third kappa shape index (κ3) is 4.23. The van der Waals surface area contributed by atoms with E-state index in [9.17, 15) is 9.18 Å². The van der Waals surface area contributed by atoms with Crippen LogP contribution in [-0.2, 0) is 17.8 Å². The van der Waals surface area contributed by atoms with Gasteiger partial charge in [0.15, 0.2) is 0 Å². The molecule has 0 heterocycles. The summed E-state index contributed by atoms with van der Waals surface area (Å²) < 4.78 is 20.1. The van der Waals surface area contributed by atoms with Crippen molar-refractivity contribution in [2.75, 3.05) is 0 Å². The molecule has 0 fully saturated rings. The van der Waals surface area contributed by atoms with Gasteiger partial charge in [0.25, 0.3) is 0 Å². The van der Waals surface area contributed by atoms with Crippen molar-refractivity contribution in [2.45, 2.75) is 13.0 Å². The molecule has 0 aliphatic heterocycles. The Morgan fingerprint density at radius 1 is 0.880 bits per heavy atom. The van der Waals surface area contributed by atoms with Crippen LogP contribution < -0.4 is 4.74 Å². The molecule has 1 N–H and O–H groups in total. The highest BCUT2D eigenvalue weighted by Crippen LogP contribution is 2.33. The molecule has 4 heteroatoms. The Kier molecular flexibility index (Phi) is 5.09. The second kappa shape index (κ2) is 7.62. The van der Waals surface area contributed by atoms with Gasteiger partial charge in [0.05, 0.1) is 6.42 Å². The van der Waals surface area contributed by atoms with Crippen LogP contribution in [0.5, 0.6) is 5.75 Å². The molecule has 0 aromatic heterocycles. The van der Waals surface area contributed by atoms with Crippen LogP contribution in [0.15, 0.2) is 72.8 Å². The lowest BCUT2D eigenvalue weighted by Crippen LogP contribution is -2.02. The van der Waals surface area contributed by atoms with Crippen molar-refractivity contribution in [1.82, 2.24) is 0 Å². The number of carbonyl (C=O) groups is 1. The minimum absolute atomic E-state index is 0.125. The first-order valence-corrected chi connectivity index (χ1v) is 7.90. The topological polar surface area (TPSA) is 46.5 Å². The zero-order valence-corrected chi connectivity index (χ0v) is 13.5. The highest BCUT2D eigenvalue weighted by molar-refractivity contribution is 5.75. The van der Waals surface area contributed by atoms with Crippen LogP contribution in [0, 0.1) is 5.82 Å². The van der Waals surface area contributed by atoms with Gasteiger partial charge < -0.3 is 9.84 Å². The molecule has 126 valence electrons. The zero-order valence-electron chi connectivity index (χ0n) is 13.5. The van der Waals surface area contributed by atoms with Crippen LogP contribution in [0.25, 0.3) is 11.1 Å². The molecule has 3 rings (SSSR count). The number of rotatable bonds is 6. The monoisotopic (exact) mass is 336 g/mol. The molecule has 0 spiro atoms. The van der Waals surface area contributed by atoms with Crippen molar-refractivity contribution in [2.24, 2.45) is 0 Å². The summed E-state index contributed by atoms with van der Waals surface area (Å²) in [6, 6.07) is 21.1. The molecular formula is C21H17FO3. The van der Waals surface area contributed by atoms with Gasteiger partial charge in [-0.3, -0.25) is 4.79 Å². The molecule has 0 saturated heterocycles. The minimum Gasteiger partial charge on any atom is -0.488 e. The van der Waals surface area contributed by atoms with E-state index in [0.717, 1.165) is 5.56 Å². The first-order valence-electron chi connectivity index (χ1n) is 7.90. The summed E-state index contributed by atoms with van der Waals surface area (Å²) in [5.41, 5.74) is 2.53. The molecule has 0 radical (unpaired) electrons. The molecular weight excluding hydrogens is 319 g/mol. The zero-order chi connectivity index (χ0) is 17.6. The van der Waals surface area contributed by atoms with Crippen molar-refractivity contribution in [3.8, 4) is 16.9 Å². The van der Waals surface area contributed by atoms with Gasteiger partial charge in [-0.1, -0.05) is 54.6 Å². The maximum absolute atomic E-state index is 14.2. The molecule has 0 aliphatic carbocycles. The highest BCUT2D eigenvalue weighted by Gasteiger charge is 2.13. The van der Waals surface area contributed by atoms with Gasteiger partial charge in [-0.25, -0.2) is 4.39 Å². The number of carboxylic acid groups (broad SMARTS) is 1. The van der Waals surface area contributed by atoms with E-state index < -0.39 is 5.97 Å². The molecule has 0 atom stereocenters. The number of carboxylic acids is 1. The maximum Gasteiger partial charge on any atom is 0.307 e. The maximum atomic E-state index is 14.2. The number of hydrogen-bond acceptors (Lipinski definition) is 2. The van der Waals surface area contributed by atoms with Gasteiger partial charge >= 0.3 is 5.97 Å². The number of halogens is 1. The average Bonchev–Trinajstić information content (AvgIpc) is 2.61. The Hall–Kier alpha value is -3.14. The summed E-state index contributed by atoms with van der Waals surface area (Å²) in [7, 11) is 0. The third-order valence-corrected chi connectivity index (χ3v) is 3.80. The van der Waals surface area contributed by atoms with Crippen LogP contribution in [0.2, 0.25) is 0 Å². The summed E-state index contributed by atoms with van der Waals surface area (Å²) in [4.78, 5) is 11.0. The Balaban J connectivity index is 1.96. The Labute approximate surface area is 145 Å². The van der Waals surface area contributed by atoms with Crippen LogP contribution in [0.3, 0.4) is 0 Å². The summed E-state index contributed by atoms with van der Waals surface area (Å²) in [6.07, 6.45) is -0.125. The van der Waals surface area contributed by atoms with E-state index in [0.29, 0.717) is 29.0 Å². The predicted octanol–water partition coefficient (Wildman–Crippen LogP) is 4.70. The van der Waals surface area contributed by atoms with Gasteiger partial charge in [-0.15, -0.1) is 0 Å². The van der Waals surface area contributed by atoms with Gasteiger partial charge in [0.2, 0.25) is 0 Å². The molecule has 3 nitrogen and oxygen atoms in total. The fraction of sp³-hybridized carbons (Fsp3) is 0.0952. The first-order chi connectivity index (χ1) is 12.1. The van der Waals surface area contributed by atoms with E-state index in [2.05, 4.69) is 0 Å². The third-order valence-electron chi connectivity index (χ3n) is 3.80. The quantitative estimate of drug-likeness (QED) is 0.710. The Morgan fingerprint density at radius 2 is 1.60 bits per heavy atom. The lowest BCUT2D eigenvalue weighted by Gasteiger charge is -2.14. The van der Waals surface area contributed by atoms with E-state index in [1.165, 1.54) is 6.07 Å². The van der Waals surface area contributed by atoms with E-state index >= 15 is 0 Å². The van der Waals surface area contributed by atoms with Crippen molar-refractivity contribution in [3.63, 3.8) is 0 Å². The normalized spacial score (nSPS) is 10.4. The molecule has 3 aromatic carbocycles. The minimum atomic E-state index is -0.933. The van der Waals surface area contributed by atoms with Crippen molar-refractivity contribution in [1.29, 1.82) is 0 Å². The van der Waals surface area contributed by atoms with E-state index in [1.54, 1.807) is 36.4 Å². The molecule has 0 bridgehead atoms. The smallest absolute Gasteiger partial charge is 0.307 e. The molecule has 0 amide bonds. The summed E-state index contributed by atoms with van der Waals surface area (Å²) in [5, 5.41) is 9.00. The van der Waals surface area contributed by atoms with Crippen LogP contribution in [0.1, 0.15) is 11.1 Å². The Bertz CT molecular complexity index is 875. The summed E-state index contributed by atoms with van der Waals surface area (Å²) in [6.45, 7) is 0.348. The summed E-state index contributed by atoms with van der Waals surface area (Å²) in [5.74, 6) is -0.792. The Morgan fingerprint density at radius 3 is 2.32 bits per heavy atom. The van der Waals surface area contributed by atoms with Gasteiger partial charge in [-0.05, 0) is 29.3 Å². The second-order valence-electron chi connectivity index (χ2n) is 5.66. The number of ether oxygens (including phenoxy) is 1. The molecule has 3 aromatic rings. The fourth-order valence-corrected chi connectivity index (χ4v) is 2.61. The number of aliphatic carboxylic acids is 1. The fourth-order valence-electron chi connectivity index (χ4n) is 2.61. The number of benzene rings is 3. The van der Waals surface area contributed by atoms with Crippen LogP contribution >= 0.6 is 0 Å². The van der Waals surface area contributed by atoms with Crippen LogP contribution in [-0.4, -0.2) is 11.1 Å². The van der Waals surface area contributed by atoms with Gasteiger partial charge in [0, 0.05) is 11.1 Å². The van der Waals surface area contributed by atoms with E-state index in [-0.39, 0.29) is 12.2 Å². The van der Waals surface area contributed by atoms with Gasteiger partial charge in [-0.2, -0.15) is 0 Å². The highest BCUT2D eigenvalue weighted by atomic mass is 19.1. The largest absolute Gasteiger partial charge is 0.488 e. The first kappa shape index (κ1) is 16.7. The van der Waals surface area contributed by atoms with Crippen molar-refractivity contribution in [3.05, 3.63) is 89.7 Å².